The van der Waals surface area contributed by atoms with E-state index in [1.807, 2.05) is 44.0 Å². The van der Waals surface area contributed by atoms with Crippen LogP contribution in [0.15, 0.2) is 40.9 Å². The first-order chi connectivity index (χ1) is 17.7. The lowest BCUT2D eigenvalue weighted by Gasteiger charge is -2.30. The van der Waals surface area contributed by atoms with Crippen molar-refractivity contribution in [2.24, 2.45) is 5.92 Å². The monoisotopic (exact) mass is 501 g/mol. The van der Waals surface area contributed by atoms with Gasteiger partial charge in [0.2, 0.25) is 11.7 Å². The predicted molar refractivity (Wildman–Crippen MR) is 138 cm³/mol. The van der Waals surface area contributed by atoms with Gasteiger partial charge < -0.3 is 19.0 Å². The molecule has 1 aliphatic rings. The van der Waals surface area contributed by atoms with Gasteiger partial charge in [-0.15, -0.1) is 0 Å². The van der Waals surface area contributed by atoms with Crippen molar-refractivity contribution >= 4 is 12.2 Å². The highest BCUT2D eigenvalue weighted by Crippen LogP contribution is 2.44. The summed E-state index contributed by atoms with van der Waals surface area (Å²) < 4.78 is 11.3. The highest BCUT2D eigenvalue weighted by atomic mass is 16.5. The molecule has 0 aliphatic heterocycles. The Morgan fingerprint density at radius 1 is 1.27 bits per heavy atom. The number of nitrogens with zero attached hydrogens (tertiary/aromatic N) is 5. The standard InChI is InChI=1S/C28H31N5O4/c1-17(2)36-24-10-9-19(13-20(24)15-29)28-30-27(31-37-28)22-8-6-7-21-23(22)14-18(11-12-34)26(21)33(5)16-25(35)32(3)4/h6-10,12-13,17-18,26H,11,14,16H2,1-5H3. The van der Waals surface area contributed by atoms with E-state index in [1.54, 1.807) is 37.2 Å². The van der Waals surface area contributed by atoms with Crippen molar-refractivity contribution in [1.82, 2.24) is 19.9 Å². The number of aromatic nitrogens is 2. The van der Waals surface area contributed by atoms with E-state index in [1.165, 1.54) is 0 Å². The normalized spacial score (nSPS) is 16.5. The second-order valence-electron chi connectivity index (χ2n) is 9.80. The molecule has 0 spiro atoms. The van der Waals surface area contributed by atoms with Crippen molar-refractivity contribution in [2.45, 2.75) is 38.8 Å². The molecule has 1 aliphatic carbocycles. The summed E-state index contributed by atoms with van der Waals surface area (Å²) in [7, 11) is 5.38. The van der Waals surface area contributed by atoms with Crippen LogP contribution in [0.1, 0.15) is 43.0 Å². The van der Waals surface area contributed by atoms with E-state index in [4.69, 9.17) is 9.26 Å². The van der Waals surface area contributed by atoms with Crippen molar-refractivity contribution in [3.05, 3.63) is 53.1 Å². The Bertz CT molecular complexity index is 1340. The average Bonchev–Trinajstić information content (AvgIpc) is 3.49. The van der Waals surface area contributed by atoms with Crippen molar-refractivity contribution in [3.8, 4) is 34.7 Å². The van der Waals surface area contributed by atoms with Crippen LogP contribution >= 0.6 is 0 Å². The third-order valence-electron chi connectivity index (χ3n) is 6.58. The van der Waals surface area contributed by atoms with Crippen LogP contribution in [0, 0.1) is 17.2 Å². The van der Waals surface area contributed by atoms with E-state index >= 15 is 0 Å². The molecule has 1 aromatic heterocycles. The van der Waals surface area contributed by atoms with Crippen LogP contribution in [0.25, 0.3) is 22.8 Å². The second-order valence-corrected chi connectivity index (χ2v) is 9.80. The molecular formula is C28H31N5O4. The molecule has 2 aromatic carbocycles. The van der Waals surface area contributed by atoms with Gasteiger partial charge in [-0.1, -0.05) is 23.4 Å². The van der Waals surface area contributed by atoms with Crippen molar-refractivity contribution < 1.29 is 18.8 Å². The van der Waals surface area contributed by atoms with E-state index in [0.717, 1.165) is 23.0 Å². The van der Waals surface area contributed by atoms with Gasteiger partial charge in [-0.2, -0.15) is 10.2 Å². The van der Waals surface area contributed by atoms with Crippen molar-refractivity contribution in [2.75, 3.05) is 27.7 Å². The maximum Gasteiger partial charge on any atom is 0.258 e. The molecule has 0 radical (unpaired) electrons. The Morgan fingerprint density at radius 3 is 2.73 bits per heavy atom. The van der Waals surface area contributed by atoms with Gasteiger partial charge in [-0.25, -0.2) is 0 Å². The molecule has 1 amide bonds. The summed E-state index contributed by atoms with van der Waals surface area (Å²) >= 11 is 0. The molecule has 4 rings (SSSR count). The zero-order valence-corrected chi connectivity index (χ0v) is 21.8. The molecule has 0 saturated heterocycles. The number of fused-ring (bicyclic) bond motifs is 1. The fourth-order valence-electron chi connectivity index (χ4n) is 4.89. The molecular weight excluding hydrogens is 470 g/mol. The van der Waals surface area contributed by atoms with E-state index in [2.05, 4.69) is 16.2 Å². The summed E-state index contributed by atoms with van der Waals surface area (Å²) in [5.74, 6) is 1.28. The van der Waals surface area contributed by atoms with E-state index in [-0.39, 0.29) is 30.5 Å². The van der Waals surface area contributed by atoms with Crippen LogP contribution in [-0.4, -0.2) is 65.9 Å². The third-order valence-corrected chi connectivity index (χ3v) is 6.58. The quantitative estimate of drug-likeness (QED) is 0.406. The summed E-state index contributed by atoms with van der Waals surface area (Å²) in [5.41, 5.74) is 3.96. The molecule has 0 fully saturated rings. The minimum atomic E-state index is -0.0814. The highest BCUT2D eigenvalue weighted by Gasteiger charge is 2.37. The molecule has 0 N–H and O–H groups in total. The van der Waals surface area contributed by atoms with Crippen LogP contribution in [0.2, 0.25) is 0 Å². The third kappa shape index (κ3) is 5.39. The topological polar surface area (TPSA) is 113 Å². The molecule has 2 unspecified atom stereocenters. The number of carbonyl (C=O) groups is 2. The molecule has 192 valence electrons. The molecule has 3 aromatic rings. The first kappa shape index (κ1) is 26.0. The first-order valence-electron chi connectivity index (χ1n) is 12.2. The van der Waals surface area contributed by atoms with Gasteiger partial charge in [0.25, 0.3) is 5.89 Å². The number of amides is 1. The minimum absolute atomic E-state index is 0.00122. The van der Waals surface area contributed by atoms with Crippen LogP contribution in [-0.2, 0) is 16.0 Å². The summed E-state index contributed by atoms with van der Waals surface area (Å²) in [4.78, 5) is 32.1. The van der Waals surface area contributed by atoms with Gasteiger partial charge in [-0.3, -0.25) is 9.69 Å². The highest BCUT2D eigenvalue weighted by molar-refractivity contribution is 5.77. The van der Waals surface area contributed by atoms with E-state index in [0.29, 0.717) is 41.4 Å². The summed E-state index contributed by atoms with van der Waals surface area (Å²) in [6.07, 6.45) is 1.94. The van der Waals surface area contributed by atoms with E-state index in [9.17, 15) is 14.9 Å². The Kier molecular flexibility index (Phi) is 7.69. The number of carbonyl (C=O) groups excluding carboxylic acids is 2. The Labute approximate surface area is 216 Å². The fraction of sp³-hybridized carbons (Fsp3) is 0.393. The molecule has 9 heteroatoms. The molecule has 37 heavy (non-hydrogen) atoms. The zero-order valence-electron chi connectivity index (χ0n) is 21.8. The van der Waals surface area contributed by atoms with Crippen LogP contribution in [0.5, 0.6) is 5.75 Å². The van der Waals surface area contributed by atoms with Gasteiger partial charge in [0, 0.05) is 37.7 Å². The smallest absolute Gasteiger partial charge is 0.258 e. The number of aldehydes is 1. The molecule has 2 atom stereocenters. The van der Waals surface area contributed by atoms with Crippen LogP contribution in [0.3, 0.4) is 0 Å². The van der Waals surface area contributed by atoms with Gasteiger partial charge in [-0.05, 0) is 62.6 Å². The Morgan fingerprint density at radius 2 is 2.05 bits per heavy atom. The van der Waals surface area contributed by atoms with Gasteiger partial charge in [0.15, 0.2) is 0 Å². The predicted octanol–water partition coefficient (Wildman–Crippen LogP) is 3.88. The number of hydrogen-bond acceptors (Lipinski definition) is 8. The Balaban J connectivity index is 1.67. The van der Waals surface area contributed by atoms with Gasteiger partial charge >= 0.3 is 0 Å². The summed E-state index contributed by atoms with van der Waals surface area (Å²) in [6.45, 7) is 4.06. The number of hydrogen-bond donors (Lipinski definition) is 0. The van der Waals surface area contributed by atoms with Gasteiger partial charge in [0.05, 0.1) is 18.2 Å². The van der Waals surface area contributed by atoms with Gasteiger partial charge in [0.1, 0.15) is 18.1 Å². The number of rotatable bonds is 9. The average molecular weight is 502 g/mol. The zero-order chi connectivity index (χ0) is 26.7. The van der Waals surface area contributed by atoms with Crippen molar-refractivity contribution in [1.29, 1.82) is 5.26 Å². The first-order valence-corrected chi connectivity index (χ1v) is 12.2. The lowest BCUT2D eigenvalue weighted by Crippen LogP contribution is -2.38. The SMILES string of the molecule is CC(C)Oc1ccc(-c2nc(-c3cccc4c3CC(CC=O)C4N(C)CC(=O)N(C)C)no2)cc1C#N. The molecule has 0 bridgehead atoms. The van der Waals surface area contributed by atoms with E-state index < -0.39 is 0 Å². The number of nitriles is 1. The summed E-state index contributed by atoms with van der Waals surface area (Å²) in [6, 6.07) is 13.2. The fourth-order valence-corrected chi connectivity index (χ4v) is 4.89. The second kappa shape index (κ2) is 10.9. The van der Waals surface area contributed by atoms with Crippen LogP contribution in [0.4, 0.5) is 0 Å². The molecule has 9 nitrogen and oxygen atoms in total. The minimum Gasteiger partial charge on any atom is -0.490 e. The number of benzene rings is 2. The number of likely N-dealkylation sites (N-methyl/N-ethyl adjacent to an activating group) is 2. The molecule has 1 heterocycles. The summed E-state index contributed by atoms with van der Waals surface area (Å²) in [5, 5.41) is 13.8. The number of ether oxygens (including phenoxy) is 1. The van der Waals surface area contributed by atoms with Crippen LogP contribution < -0.4 is 4.74 Å². The maximum absolute atomic E-state index is 12.4. The lowest BCUT2D eigenvalue weighted by atomic mass is 9.96. The molecule has 0 saturated carbocycles. The Hall–Kier alpha value is -4.03. The maximum atomic E-state index is 12.4. The van der Waals surface area contributed by atoms with Crippen molar-refractivity contribution in [3.63, 3.8) is 0 Å². The lowest BCUT2D eigenvalue weighted by molar-refractivity contribution is -0.130. The largest absolute Gasteiger partial charge is 0.490 e.